The van der Waals surface area contributed by atoms with Gasteiger partial charge in [0.15, 0.2) is 0 Å². The molecule has 0 aliphatic carbocycles. The lowest BCUT2D eigenvalue weighted by Crippen LogP contribution is -1.92. The molecule has 0 aliphatic heterocycles. The maximum absolute atomic E-state index is 10.3. The highest BCUT2D eigenvalue weighted by molar-refractivity contribution is 5.66. The number of allylic oxidation sites excluding steroid dienone is 16. The molecule has 0 bridgehead atoms. The second kappa shape index (κ2) is 39.9. The number of carboxylic acid groups (broad SMARTS) is 2. The van der Waals surface area contributed by atoms with Gasteiger partial charge in [-0.2, -0.15) is 0 Å². The van der Waals surface area contributed by atoms with E-state index in [4.69, 9.17) is 10.2 Å². The molecule has 0 aromatic carbocycles. The minimum atomic E-state index is -0.712. The zero-order valence-corrected chi connectivity index (χ0v) is 28.1. The van der Waals surface area contributed by atoms with E-state index in [1.807, 2.05) is 0 Å². The van der Waals surface area contributed by atoms with Crippen molar-refractivity contribution in [3.8, 4) is 0 Å². The van der Waals surface area contributed by atoms with E-state index >= 15 is 0 Å². The molecule has 0 spiro atoms. The molecule has 0 atom stereocenters. The molecule has 0 aromatic heterocycles. The second-order valence-electron chi connectivity index (χ2n) is 10.7. The summed E-state index contributed by atoms with van der Waals surface area (Å²) < 4.78 is 0. The Balaban J connectivity index is 0. The molecule has 4 nitrogen and oxygen atoms in total. The minimum Gasteiger partial charge on any atom is -0.481 e. The van der Waals surface area contributed by atoms with Crippen molar-refractivity contribution >= 4 is 11.9 Å². The summed E-state index contributed by atoms with van der Waals surface area (Å²) in [5.41, 5.74) is 0. The summed E-state index contributed by atoms with van der Waals surface area (Å²) in [6.45, 7) is 4.46. The molecular formula is C40H64O4. The highest BCUT2D eigenvalue weighted by Gasteiger charge is 1.93. The Bertz CT molecular complexity index is 796. The van der Waals surface area contributed by atoms with E-state index in [2.05, 4.69) is 111 Å². The fourth-order valence-electron chi connectivity index (χ4n) is 3.86. The highest BCUT2D eigenvalue weighted by atomic mass is 16.4. The van der Waals surface area contributed by atoms with E-state index in [-0.39, 0.29) is 12.8 Å². The van der Waals surface area contributed by atoms with Gasteiger partial charge in [-0.1, -0.05) is 137 Å². The van der Waals surface area contributed by atoms with Gasteiger partial charge in [0.05, 0.1) is 0 Å². The Hall–Kier alpha value is -3.14. The Morgan fingerprint density at radius 2 is 0.591 bits per heavy atom. The molecular weight excluding hydrogens is 544 g/mol. The first-order valence-corrected chi connectivity index (χ1v) is 17.2. The molecule has 0 unspecified atom stereocenters. The topological polar surface area (TPSA) is 74.6 Å². The quantitative estimate of drug-likeness (QED) is 0.0684. The first-order chi connectivity index (χ1) is 21.5. The monoisotopic (exact) mass is 608 g/mol. The van der Waals surface area contributed by atoms with Crippen LogP contribution in [0.2, 0.25) is 0 Å². The molecule has 44 heavy (non-hydrogen) atoms. The number of rotatable bonds is 28. The molecule has 0 saturated heterocycles. The van der Waals surface area contributed by atoms with Gasteiger partial charge in [0.1, 0.15) is 0 Å². The van der Waals surface area contributed by atoms with Crippen molar-refractivity contribution in [2.45, 2.75) is 142 Å². The van der Waals surface area contributed by atoms with Gasteiger partial charge in [0, 0.05) is 12.8 Å². The largest absolute Gasteiger partial charge is 0.481 e. The third-order valence-electron chi connectivity index (χ3n) is 6.44. The fourth-order valence-corrected chi connectivity index (χ4v) is 3.86. The maximum Gasteiger partial charge on any atom is 0.303 e. The Morgan fingerprint density at radius 3 is 0.818 bits per heavy atom. The van der Waals surface area contributed by atoms with Crippen LogP contribution in [0.15, 0.2) is 97.2 Å². The first-order valence-electron chi connectivity index (χ1n) is 17.2. The lowest BCUT2D eigenvalue weighted by Gasteiger charge is -1.90. The van der Waals surface area contributed by atoms with Crippen LogP contribution >= 0.6 is 0 Å². The van der Waals surface area contributed by atoms with Crippen molar-refractivity contribution in [3.63, 3.8) is 0 Å². The smallest absolute Gasteiger partial charge is 0.303 e. The molecule has 0 radical (unpaired) electrons. The summed E-state index contributed by atoms with van der Waals surface area (Å²) in [6.07, 6.45) is 54.7. The Morgan fingerprint density at radius 1 is 0.364 bits per heavy atom. The number of carbonyl (C=O) groups is 2. The van der Waals surface area contributed by atoms with E-state index in [9.17, 15) is 9.59 Å². The van der Waals surface area contributed by atoms with Gasteiger partial charge in [-0.15, -0.1) is 0 Å². The summed E-state index contributed by atoms with van der Waals surface area (Å²) in [5, 5.41) is 17.0. The van der Waals surface area contributed by atoms with Crippen molar-refractivity contribution < 1.29 is 19.8 Å². The van der Waals surface area contributed by atoms with E-state index in [1.54, 1.807) is 0 Å². The van der Waals surface area contributed by atoms with Crippen molar-refractivity contribution in [3.05, 3.63) is 97.2 Å². The van der Waals surface area contributed by atoms with Crippen LogP contribution in [-0.4, -0.2) is 22.2 Å². The van der Waals surface area contributed by atoms with Crippen LogP contribution in [-0.2, 0) is 9.59 Å². The van der Waals surface area contributed by atoms with Crippen molar-refractivity contribution in [2.24, 2.45) is 0 Å². The molecule has 0 amide bonds. The lowest BCUT2D eigenvalue weighted by atomic mass is 10.2. The van der Waals surface area contributed by atoms with Crippen LogP contribution in [0.4, 0.5) is 0 Å². The number of hydrogen-bond donors (Lipinski definition) is 2. The lowest BCUT2D eigenvalue weighted by molar-refractivity contribution is -0.138. The predicted molar refractivity (Wildman–Crippen MR) is 192 cm³/mol. The normalized spacial score (nSPS) is 12.4. The van der Waals surface area contributed by atoms with Gasteiger partial charge >= 0.3 is 11.9 Å². The van der Waals surface area contributed by atoms with Crippen LogP contribution in [0.25, 0.3) is 0 Å². The summed E-state index contributed by atoms with van der Waals surface area (Å²) in [4.78, 5) is 20.6. The summed E-state index contributed by atoms with van der Waals surface area (Å²) >= 11 is 0. The molecule has 2 N–H and O–H groups in total. The summed E-state index contributed by atoms with van der Waals surface area (Å²) in [5.74, 6) is -1.42. The van der Waals surface area contributed by atoms with Crippen LogP contribution < -0.4 is 0 Å². The van der Waals surface area contributed by atoms with Crippen LogP contribution in [0, 0.1) is 0 Å². The molecule has 4 heteroatoms. The first kappa shape index (κ1) is 43.0. The molecule has 0 saturated carbocycles. The Kier molecular flexibility index (Phi) is 38.9. The van der Waals surface area contributed by atoms with Crippen molar-refractivity contribution in [2.75, 3.05) is 0 Å². The van der Waals surface area contributed by atoms with Crippen LogP contribution in [0.1, 0.15) is 142 Å². The van der Waals surface area contributed by atoms with Crippen LogP contribution in [0.3, 0.4) is 0 Å². The van der Waals surface area contributed by atoms with Gasteiger partial charge in [0.2, 0.25) is 0 Å². The van der Waals surface area contributed by atoms with E-state index in [1.165, 1.54) is 51.4 Å². The second-order valence-corrected chi connectivity index (χ2v) is 10.7. The standard InChI is InChI=1S/2C20H32O2/c2*1-2-3-4-5-6-7-8-9-10-11-12-13-14-15-16-17-18-19-20(21)22/h2*6-7,9-10,12-13,15-16H,2-5,8,11,14,17-19H2,1H3,(H,21,22). The van der Waals surface area contributed by atoms with Crippen LogP contribution in [0.5, 0.6) is 0 Å². The SMILES string of the molecule is CCCCCC=CCC=CCC=CCC=CCCCC(=O)O.CCCCCC=CCC=CCC=CCC=CCCCC(=O)O. The number of hydrogen-bond acceptors (Lipinski definition) is 2. The molecule has 0 fully saturated rings. The molecule has 0 heterocycles. The average Bonchev–Trinajstić information content (AvgIpc) is 3.00. The van der Waals surface area contributed by atoms with Crippen molar-refractivity contribution in [1.82, 2.24) is 0 Å². The molecule has 0 aromatic rings. The summed E-state index contributed by atoms with van der Waals surface area (Å²) in [7, 11) is 0. The summed E-state index contributed by atoms with van der Waals surface area (Å²) in [6, 6.07) is 0. The third kappa shape index (κ3) is 45.8. The molecule has 0 rings (SSSR count). The minimum absolute atomic E-state index is 0.262. The predicted octanol–water partition coefficient (Wildman–Crippen LogP) is 12.4. The number of aliphatic carboxylic acids is 2. The Labute approximate surface area is 270 Å². The van der Waals surface area contributed by atoms with E-state index in [0.29, 0.717) is 0 Å². The van der Waals surface area contributed by atoms with E-state index < -0.39 is 11.9 Å². The number of carboxylic acids is 2. The third-order valence-corrected chi connectivity index (χ3v) is 6.44. The van der Waals surface area contributed by atoms with E-state index in [0.717, 1.165) is 64.2 Å². The van der Waals surface area contributed by atoms with Crippen molar-refractivity contribution in [1.29, 1.82) is 0 Å². The van der Waals surface area contributed by atoms with Gasteiger partial charge < -0.3 is 10.2 Å². The zero-order valence-electron chi connectivity index (χ0n) is 28.1. The molecule has 248 valence electrons. The highest BCUT2D eigenvalue weighted by Crippen LogP contribution is 2.03. The maximum atomic E-state index is 10.3. The van der Waals surface area contributed by atoms with Gasteiger partial charge in [-0.05, 0) is 89.9 Å². The zero-order chi connectivity index (χ0) is 32.6. The molecule has 0 aliphatic rings. The van der Waals surface area contributed by atoms with Gasteiger partial charge in [-0.25, -0.2) is 0 Å². The average molecular weight is 609 g/mol. The fraction of sp³-hybridized carbons (Fsp3) is 0.550. The van der Waals surface area contributed by atoms with Gasteiger partial charge in [0.25, 0.3) is 0 Å². The number of unbranched alkanes of at least 4 members (excludes halogenated alkanes) is 8. The van der Waals surface area contributed by atoms with Gasteiger partial charge in [-0.3, -0.25) is 9.59 Å².